The highest BCUT2D eigenvalue weighted by atomic mass is 32.2. The molecule has 134 valence electrons. The Kier molecular flexibility index (Phi) is 5.96. The Hall–Kier alpha value is -0.685. The van der Waals surface area contributed by atoms with Crippen LogP contribution >= 0.6 is 0 Å². The van der Waals surface area contributed by atoms with Gasteiger partial charge in [0.05, 0.1) is 22.0 Å². The van der Waals surface area contributed by atoms with E-state index in [1.165, 1.54) is 0 Å². The maximum Gasteiger partial charge on any atom is 0.477 e. The molecule has 0 aromatic heterocycles. The average molecular weight is 351 g/mol. The lowest BCUT2D eigenvalue weighted by Gasteiger charge is -2.32. The van der Waals surface area contributed by atoms with Gasteiger partial charge in [0.2, 0.25) is 0 Å². The van der Waals surface area contributed by atoms with Gasteiger partial charge in [-0.15, -0.1) is 0 Å². The smallest absolute Gasteiger partial charge is 0.402 e. The quantitative estimate of drug-likeness (QED) is 0.796. The van der Waals surface area contributed by atoms with Crippen molar-refractivity contribution in [3.8, 4) is 0 Å². The Morgan fingerprint density at radius 1 is 1.08 bits per heavy atom. The molecule has 0 aliphatic carbocycles. The van der Waals surface area contributed by atoms with Gasteiger partial charge in [0.25, 0.3) is 0 Å². The number of benzene rings is 1. The van der Waals surface area contributed by atoms with Crippen LogP contribution in [0, 0.1) is 12.8 Å². The fourth-order valence-corrected chi connectivity index (χ4v) is 3.64. The first-order valence-electron chi connectivity index (χ1n) is 8.62. The van der Waals surface area contributed by atoms with E-state index >= 15 is 0 Å². The van der Waals surface area contributed by atoms with Gasteiger partial charge in [0, 0.05) is 0 Å². The molecule has 2 atom stereocenters. The van der Waals surface area contributed by atoms with E-state index in [1.807, 2.05) is 58.9 Å². The van der Waals surface area contributed by atoms with Gasteiger partial charge in [0.1, 0.15) is 11.0 Å². The minimum atomic E-state index is -1.29. The minimum absolute atomic E-state index is 0.131. The van der Waals surface area contributed by atoms with Crippen LogP contribution in [0.15, 0.2) is 29.2 Å². The number of nitrogens with one attached hydrogen (secondary N) is 1. The summed E-state index contributed by atoms with van der Waals surface area (Å²) in [7, 11) is -1.70. The summed E-state index contributed by atoms with van der Waals surface area (Å²) >= 11 is 0. The Bertz CT molecular complexity index is 570. The fourth-order valence-electron chi connectivity index (χ4n) is 2.64. The van der Waals surface area contributed by atoms with Gasteiger partial charge in [-0.05, 0) is 59.1 Å². The maximum atomic E-state index is 12.7. The van der Waals surface area contributed by atoms with E-state index < -0.39 is 18.1 Å². The molecular weight excluding hydrogens is 321 g/mol. The third kappa shape index (κ3) is 4.48. The zero-order valence-electron chi connectivity index (χ0n) is 15.9. The van der Waals surface area contributed by atoms with E-state index in [4.69, 9.17) is 9.31 Å². The summed E-state index contributed by atoms with van der Waals surface area (Å²) in [5.41, 5.74) is 0.375. The molecule has 1 aromatic carbocycles. The topological polar surface area (TPSA) is 47.6 Å². The second-order valence-corrected chi connectivity index (χ2v) is 9.30. The lowest BCUT2D eigenvalue weighted by atomic mass is 9.75. The maximum absolute atomic E-state index is 12.7. The van der Waals surface area contributed by atoms with Crippen LogP contribution in [0.3, 0.4) is 0 Å². The summed E-state index contributed by atoms with van der Waals surface area (Å²) in [6.07, 6.45) is 0.828. The van der Waals surface area contributed by atoms with E-state index in [-0.39, 0.29) is 17.1 Å². The molecule has 24 heavy (non-hydrogen) atoms. The van der Waals surface area contributed by atoms with E-state index in [2.05, 4.69) is 18.6 Å². The second kappa shape index (κ2) is 7.28. The number of hydrogen-bond donors (Lipinski definition) is 1. The third-order valence-electron chi connectivity index (χ3n) is 4.82. The predicted octanol–water partition coefficient (Wildman–Crippen LogP) is 3.65. The summed E-state index contributed by atoms with van der Waals surface area (Å²) in [5.74, 6) is 0.310. The SMILES string of the molecule is Cc1ccc([S@@](=O)N[C@@H](CC(C)C)B2OC(C)(C)C(C)(C)O2)cc1. The standard InChI is InChI=1S/C18H30BNO3S/c1-13(2)12-16(19-22-17(4,5)18(6,7)23-19)20-24(21)15-10-8-14(3)9-11-15/h8-11,13,16,20H,12H2,1-7H3/t16-,24+/m0/s1. The lowest BCUT2D eigenvalue weighted by Crippen LogP contribution is -2.47. The number of rotatable bonds is 6. The highest BCUT2D eigenvalue weighted by Crippen LogP contribution is 2.38. The number of aryl methyl sites for hydroxylation is 1. The van der Waals surface area contributed by atoms with E-state index in [0.29, 0.717) is 5.92 Å². The Labute approximate surface area is 149 Å². The van der Waals surface area contributed by atoms with Crippen molar-refractivity contribution < 1.29 is 13.5 Å². The number of hydrogen-bond acceptors (Lipinski definition) is 3. The van der Waals surface area contributed by atoms with Crippen molar-refractivity contribution in [2.75, 3.05) is 0 Å². The van der Waals surface area contributed by atoms with Crippen LogP contribution in [-0.2, 0) is 20.3 Å². The fraction of sp³-hybridized carbons (Fsp3) is 0.667. The van der Waals surface area contributed by atoms with E-state index in [0.717, 1.165) is 16.9 Å². The van der Waals surface area contributed by atoms with Crippen LogP contribution < -0.4 is 4.72 Å². The first-order chi connectivity index (χ1) is 11.0. The van der Waals surface area contributed by atoms with Crippen LogP contribution in [0.1, 0.15) is 53.5 Å². The predicted molar refractivity (Wildman–Crippen MR) is 100 cm³/mol. The highest BCUT2D eigenvalue weighted by molar-refractivity contribution is 7.83. The van der Waals surface area contributed by atoms with Crippen molar-refractivity contribution in [1.29, 1.82) is 0 Å². The summed E-state index contributed by atoms with van der Waals surface area (Å²) < 4.78 is 28.3. The van der Waals surface area contributed by atoms with Crippen molar-refractivity contribution in [2.45, 2.75) is 76.9 Å². The van der Waals surface area contributed by atoms with Gasteiger partial charge < -0.3 is 9.31 Å². The first kappa shape index (κ1) is 19.6. The molecule has 1 aliphatic heterocycles. The summed E-state index contributed by atoms with van der Waals surface area (Å²) in [5, 5.41) is 0. The van der Waals surface area contributed by atoms with Crippen molar-refractivity contribution >= 4 is 18.1 Å². The van der Waals surface area contributed by atoms with Gasteiger partial charge >= 0.3 is 7.12 Å². The molecular formula is C18H30BNO3S. The highest BCUT2D eigenvalue weighted by Gasteiger charge is 2.54. The summed E-state index contributed by atoms with van der Waals surface area (Å²) in [4.78, 5) is 0.769. The first-order valence-corrected chi connectivity index (χ1v) is 9.77. The molecule has 1 aliphatic rings. The molecule has 0 spiro atoms. The van der Waals surface area contributed by atoms with Gasteiger partial charge in [-0.1, -0.05) is 31.5 Å². The molecule has 1 N–H and O–H groups in total. The van der Waals surface area contributed by atoms with Crippen LogP contribution in [-0.4, -0.2) is 28.5 Å². The van der Waals surface area contributed by atoms with Crippen molar-refractivity contribution in [3.05, 3.63) is 29.8 Å². The molecule has 1 fully saturated rings. The molecule has 4 nitrogen and oxygen atoms in total. The van der Waals surface area contributed by atoms with Gasteiger partial charge in [-0.3, -0.25) is 0 Å². The lowest BCUT2D eigenvalue weighted by molar-refractivity contribution is 0.00578. The van der Waals surface area contributed by atoms with E-state index in [1.54, 1.807) is 0 Å². The van der Waals surface area contributed by atoms with Crippen molar-refractivity contribution in [2.24, 2.45) is 5.92 Å². The summed E-state index contributed by atoms with van der Waals surface area (Å²) in [6.45, 7) is 14.5. The van der Waals surface area contributed by atoms with Crippen molar-refractivity contribution in [3.63, 3.8) is 0 Å². The zero-order chi connectivity index (χ0) is 18.1. The van der Waals surface area contributed by atoms with Gasteiger partial charge in [-0.2, -0.15) is 0 Å². The van der Waals surface area contributed by atoms with Crippen LogP contribution in [0.5, 0.6) is 0 Å². The molecule has 1 saturated heterocycles. The van der Waals surface area contributed by atoms with Crippen LogP contribution in [0.4, 0.5) is 0 Å². The monoisotopic (exact) mass is 351 g/mol. The second-order valence-electron chi connectivity index (χ2n) is 8.06. The van der Waals surface area contributed by atoms with Gasteiger partial charge in [-0.25, -0.2) is 8.93 Å². The molecule has 6 heteroatoms. The molecule has 1 heterocycles. The molecule has 0 bridgehead atoms. The Balaban J connectivity index is 2.14. The molecule has 0 saturated carbocycles. The van der Waals surface area contributed by atoms with Crippen LogP contribution in [0.25, 0.3) is 0 Å². The normalized spacial score (nSPS) is 21.9. The van der Waals surface area contributed by atoms with Crippen LogP contribution in [0.2, 0.25) is 0 Å². The van der Waals surface area contributed by atoms with Crippen molar-refractivity contribution in [1.82, 2.24) is 4.72 Å². The largest absolute Gasteiger partial charge is 0.477 e. The Morgan fingerprint density at radius 3 is 2.04 bits per heavy atom. The van der Waals surface area contributed by atoms with E-state index in [9.17, 15) is 4.21 Å². The average Bonchev–Trinajstić information content (AvgIpc) is 2.67. The van der Waals surface area contributed by atoms with Gasteiger partial charge in [0.15, 0.2) is 0 Å². The minimum Gasteiger partial charge on any atom is -0.402 e. The molecule has 0 amide bonds. The molecule has 0 radical (unpaired) electrons. The Morgan fingerprint density at radius 2 is 1.58 bits per heavy atom. The molecule has 0 unspecified atom stereocenters. The molecule has 1 aromatic rings. The molecule has 2 rings (SSSR count). The zero-order valence-corrected chi connectivity index (χ0v) is 16.7. The summed E-state index contributed by atoms with van der Waals surface area (Å²) in [6, 6.07) is 7.74. The third-order valence-corrected chi connectivity index (χ3v) is 6.04.